The van der Waals surface area contributed by atoms with E-state index >= 15 is 0 Å². The van der Waals surface area contributed by atoms with E-state index in [4.69, 9.17) is 0 Å². The third-order valence-corrected chi connectivity index (χ3v) is 5.03. The fourth-order valence-corrected chi connectivity index (χ4v) is 2.71. The topological polar surface area (TPSA) is 0 Å². The van der Waals surface area contributed by atoms with Gasteiger partial charge in [-0.05, 0) is 48.9 Å². The molecular formula is C17H32. The highest BCUT2D eigenvalue weighted by molar-refractivity contribution is 5.06. The van der Waals surface area contributed by atoms with Crippen LogP contribution in [0.25, 0.3) is 0 Å². The van der Waals surface area contributed by atoms with E-state index in [9.17, 15) is 0 Å². The Morgan fingerprint density at radius 3 is 2.29 bits per heavy atom. The van der Waals surface area contributed by atoms with E-state index in [0.717, 1.165) is 17.8 Å². The highest BCUT2D eigenvalue weighted by Gasteiger charge is 2.44. The first kappa shape index (κ1) is 14.8. The molecule has 3 unspecified atom stereocenters. The minimum atomic E-state index is 0.654. The average Bonchev–Trinajstić information content (AvgIpc) is 2.90. The predicted molar refractivity (Wildman–Crippen MR) is 78.1 cm³/mol. The maximum Gasteiger partial charge on any atom is -0.0234 e. The van der Waals surface area contributed by atoms with Gasteiger partial charge in [0.05, 0.1) is 0 Å². The van der Waals surface area contributed by atoms with Gasteiger partial charge >= 0.3 is 0 Å². The molecule has 0 N–H and O–H groups in total. The minimum Gasteiger partial charge on any atom is -0.0822 e. The third kappa shape index (κ3) is 4.48. The molecular weight excluding hydrogens is 204 g/mol. The molecule has 1 rings (SSSR count). The summed E-state index contributed by atoms with van der Waals surface area (Å²) in [6.07, 6.45) is 9.30. The normalized spacial score (nSPS) is 26.7. The fraction of sp³-hybridized carbons (Fsp3) is 0.882. The molecule has 17 heavy (non-hydrogen) atoms. The number of hydrogen-bond acceptors (Lipinski definition) is 0. The van der Waals surface area contributed by atoms with Crippen LogP contribution < -0.4 is 0 Å². The second kappa shape index (κ2) is 6.07. The van der Waals surface area contributed by atoms with Crippen molar-refractivity contribution in [3.63, 3.8) is 0 Å². The van der Waals surface area contributed by atoms with E-state index in [-0.39, 0.29) is 0 Å². The molecule has 1 aliphatic carbocycles. The number of hydrogen-bond donors (Lipinski definition) is 0. The Morgan fingerprint density at radius 1 is 1.29 bits per heavy atom. The van der Waals surface area contributed by atoms with Gasteiger partial charge in [0.2, 0.25) is 0 Å². The molecule has 1 saturated carbocycles. The molecule has 1 fully saturated rings. The van der Waals surface area contributed by atoms with Crippen molar-refractivity contribution >= 4 is 0 Å². The van der Waals surface area contributed by atoms with Gasteiger partial charge in [0.1, 0.15) is 0 Å². The monoisotopic (exact) mass is 236 g/mol. The molecule has 0 saturated heterocycles. The van der Waals surface area contributed by atoms with Crippen LogP contribution in [0.1, 0.15) is 73.6 Å². The molecule has 1 aliphatic rings. The van der Waals surface area contributed by atoms with Crippen molar-refractivity contribution in [1.82, 2.24) is 0 Å². The first-order valence-corrected chi connectivity index (χ1v) is 7.60. The lowest BCUT2D eigenvalue weighted by molar-refractivity contribution is 0.442. The first-order chi connectivity index (χ1) is 7.90. The summed E-state index contributed by atoms with van der Waals surface area (Å²) in [7, 11) is 0. The smallest absolute Gasteiger partial charge is 0.0234 e. The van der Waals surface area contributed by atoms with Gasteiger partial charge in [0.25, 0.3) is 0 Å². The van der Waals surface area contributed by atoms with Gasteiger partial charge in [0, 0.05) is 0 Å². The van der Waals surface area contributed by atoms with Crippen LogP contribution in [0, 0.1) is 23.2 Å². The fourth-order valence-electron chi connectivity index (χ4n) is 2.71. The molecule has 0 bridgehead atoms. The van der Waals surface area contributed by atoms with E-state index in [0.29, 0.717) is 5.41 Å². The number of allylic oxidation sites excluding steroid dienone is 2. The van der Waals surface area contributed by atoms with Crippen molar-refractivity contribution in [3.8, 4) is 0 Å². The molecule has 0 amide bonds. The molecule has 0 aromatic heterocycles. The van der Waals surface area contributed by atoms with Crippen LogP contribution >= 0.6 is 0 Å². The summed E-state index contributed by atoms with van der Waals surface area (Å²) in [5.74, 6) is 2.58. The highest BCUT2D eigenvalue weighted by atomic mass is 14.5. The van der Waals surface area contributed by atoms with E-state index in [1.165, 1.54) is 32.1 Å². The summed E-state index contributed by atoms with van der Waals surface area (Å²) in [6.45, 7) is 14.2. The van der Waals surface area contributed by atoms with E-state index < -0.39 is 0 Å². The van der Waals surface area contributed by atoms with Gasteiger partial charge in [-0.25, -0.2) is 0 Å². The quantitative estimate of drug-likeness (QED) is 0.488. The molecule has 0 aromatic rings. The van der Waals surface area contributed by atoms with Crippen LogP contribution in [-0.4, -0.2) is 0 Å². The number of rotatable bonds is 7. The Bertz CT molecular complexity index is 259. The van der Waals surface area contributed by atoms with Crippen LogP contribution in [-0.2, 0) is 0 Å². The Kier molecular flexibility index (Phi) is 5.28. The molecule has 0 heteroatoms. The van der Waals surface area contributed by atoms with Crippen molar-refractivity contribution in [2.24, 2.45) is 23.2 Å². The Morgan fingerprint density at radius 2 is 1.88 bits per heavy atom. The molecule has 3 atom stereocenters. The molecule has 0 nitrogen and oxygen atoms in total. The van der Waals surface area contributed by atoms with Gasteiger partial charge in [-0.3, -0.25) is 0 Å². The van der Waals surface area contributed by atoms with Crippen LogP contribution in [0.2, 0.25) is 0 Å². The zero-order valence-electron chi connectivity index (χ0n) is 12.8. The van der Waals surface area contributed by atoms with Crippen molar-refractivity contribution in [1.29, 1.82) is 0 Å². The highest BCUT2D eigenvalue weighted by Crippen LogP contribution is 2.54. The van der Waals surface area contributed by atoms with Crippen molar-refractivity contribution in [3.05, 3.63) is 11.6 Å². The standard InChI is InChI=1S/C17H32/c1-7-13(3)14(4)11-15(8-2)9-10-16-12-17(16,5)6/h11,13-14,16H,7-10,12H2,1-6H3. The largest absolute Gasteiger partial charge is 0.0822 e. The lowest BCUT2D eigenvalue weighted by Gasteiger charge is -2.16. The molecule has 100 valence electrons. The second-order valence-corrected chi connectivity index (χ2v) is 6.85. The zero-order valence-corrected chi connectivity index (χ0v) is 12.8. The molecule has 0 aromatic carbocycles. The Balaban J connectivity index is 2.39. The molecule has 0 spiro atoms. The van der Waals surface area contributed by atoms with Crippen LogP contribution in [0.3, 0.4) is 0 Å². The summed E-state index contributed by atoms with van der Waals surface area (Å²) in [6, 6.07) is 0. The van der Waals surface area contributed by atoms with E-state index in [1.54, 1.807) is 5.57 Å². The van der Waals surface area contributed by atoms with Gasteiger partial charge in [-0.2, -0.15) is 0 Å². The van der Waals surface area contributed by atoms with E-state index in [1.807, 2.05) is 0 Å². The van der Waals surface area contributed by atoms with Crippen molar-refractivity contribution in [2.75, 3.05) is 0 Å². The Labute approximate surface area is 109 Å². The SMILES string of the molecule is CCC(=CC(C)C(C)CC)CCC1CC1(C)C. The second-order valence-electron chi connectivity index (χ2n) is 6.85. The lowest BCUT2D eigenvalue weighted by atomic mass is 9.90. The average molecular weight is 236 g/mol. The molecule has 0 aliphatic heterocycles. The van der Waals surface area contributed by atoms with Crippen molar-refractivity contribution < 1.29 is 0 Å². The van der Waals surface area contributed by atoms with Gasteiger partial charge in [-0.1, -0.05) is 59.6 Å². The van der Waals surface area contributed by atoms with E-state index in [2.05, 4.69) is 47.6 Å². The summed E-state index contributed by atoms with van der Waals surface area (Å²) < 4.78 is 0. The van der Waals surface area contributed by atoms with Crippen molar-refractivity contribution in [2.45, 2.75) is 73.6 Å². The van der Waals surface area contributed by atoms with Gasteiger partial charge in [-0.15, -0.1) is 0 Å². The summed E-state index contributed by atoms with van der Waals surface area (Å²) in [4.78, 5) is 0. The molecule has 0 radical (unpaired) electrons. The summed E-state index contributed by atoms with van der Waals surface area (Å²) in [5.41, 5.74) is 2.35. The van der Waals surface area contributed by atoms with Crippen LogP contribution in [0.4, 0.5) is 0 Å². The van der Waals surface area contributed by atoms with Crippen LogP contribution in [0.5, 0.6) is 0 Å². The van der Waals surface area contributed by atoms with Gasteiger partial charge in [0.15, 0.2) is 0 Å². The third-order valence-electron chi connectivity index (χ3n) is 5.03. The maximum absolute atomic E-state index is 2.56. The minimum absolute atomic E-state index is 0.654. The Hall–Kier alpha value is -0.260. The predicted octanol–water partition coefficient (Wildman–Crippen LogP) is 5.83. The molecule has 0 heterocycles. The lowest BCUT2D eigenvalue weighted by Crippen LogP contribution is -2.04. The summed E-state index contributed by atoms with van der Waals surface area (Å²) in [5, 5.41) is 0. The zero-order chi connectivity index (χ0) is 13.1. The van der Waals surface area contributed by atoms with Gasteiger partial charge < -0.3 is 0 Å². The van der Waals surface area contributed by atoms with Crippen LogP contribution in [0.15, 0.2) is 11.6 Å². The summed E-state index contributed by atoms with van der Waals surface area (Å²) >= 11 is 0. The first-order valence-electron chi connectivity index (χ1n) is 7.60. The maximum atomic E-state index is 2.56.